The maximum Gasteiger partial charge on any atom is 0.100 e. The minimum atomic E-state index is 0.611. The van der Waals surface area contributed by atoms with Crippen LogP contribution in [0.1, 0.15) is 37.8 Å². The first-order valence-corrected chi connectivity index (χ1v) is 8.14. The number of nitrogens with zero attached hydrogens (tertiary/aromatic N) is 2. The highest BCUT2D eigenvalue weighted by Gasteiger charge is 2.17. The zero-order chi connectivity index (χ0) is 17.4. The van der Waals surface area contributed by atoms with Crippen LogP contribution < -0.4 is 0 Å². The third-order valence-corrected chi connectivity index (χ3v) is 3.99. The van der Waals surface area contributed by atoms with Crippen molar-refractivity contribution in [1.29, 1.82) is 10.5 Å². The second kappa shape index (κ2) is 8.51. The lowest BCUT2D eigenvalue weighted by molar-refractivity contribution is 1.06. The summed E-state index contributed by atoms with van der Waals surface area (Å²) in [5, 5.41) is 19.4. The van der Waals surface area contributed by atoms with Gasteiger partial charge >= 0.3 is 0 Å². The number of benzene rings is 2. The molecule has 2 aromatic rings. The molecule has 0 unspecified atom stereocenters. The Labute approximate surface area is 144 Å². The first kappa shape index (κ1) is 17.3. The molecule has 0 fully saturated rings. The fourth-order valence-corrected chi connectivity index (χ4v) is 2.84. The van der Waals surface area contributed by atoms with E-state index in [4.69, 9.17) is 0 Å². The molecule has 118 valence electrons. The normalized spacial score (nSPS) is 12.5. The molecular formula is C22H20N2. The fourth-order valence-electron chi connectivity index (χ4n) is 2.84. The summed E-state index contributed by atoms with van der Waals surface area (Å²) in [6.45, 7) is 4.01. The van der Waals surface area contributed by atoms with Gasteiger partial charge in [0.05, 0.1) is 11.6 Å². The van der Waals surface area contributed by atoms with Crippen LogP contribution in [0.25, 0.3) is 11.1 Å². The van der Waals surface area contributed by atoms with Gasteiger partial charge in [-0.2, -0.15) is 10.5 Å². The van der Waals surface area contributed by atoms with Crippen LogP contribution in [0.15, 0.2) is 71.8 Å². The lowest BCUT2D eigenvalue weighted by Gasteiger charge is -2.16. The van der Waals surface area contributed by atoms with Crippen molar-refractivity contribution >= 4 is 11.1 Å². The van der Waals surface area contributed by atoms with Crippen molar-refractivity contribution < 1.29 is 0 Å². The first-order valence-electron chi connectivity index (χ1n) is 8.14. The summed E-state index contributed by atoms with van der Waals surface area (Å²) in [4.78, 5) is 0. The van der Waals surface area contributed by atoms with E-state index in [1.54, 1.807) is 0 Å². The van der Waals surface area contributed by atoms with Gasteiger partial charge in [-0.05, 0) is 29.5 Å². The molecule has 0 aliphatic rings. The molecule has 0 aliphatic carbocycles. The maximum atomic E-state index is 9.87. The Hall–Kier alpha value is -3.10. The molecule has 2 nitrogen and oxygen atoms in total. The summed E-state index contributed by atoms with van der Waals surface area (Å²) in [7, 11) is 0. The molecule has 2 rings (SSSR count). The second-order valence-electron chi connectivity index (χ2n) is 5.37. The number of hydrogen-bond acceptors (Lipinski definition) is 2. The van der Waals surface area contributed by atoms with Gasteiger partial charge in [-0.25, -0.2) is 0 Å². The van der Waals surface area contributed by atoms with Crippen molar-refractivity contribution in [2.24, 2.45) is 0 Å². The van der Waals surface area contributed by atoms with Crippen molar-refractivity contribution in [1.82, 2.24) is 0 Å². The smallest absolute Gasteiger partial charge is 0.100 e. The van der Waals surface area contributed by atoms with Crippen molar-refractivity contribution in [2.75, 3.05) is 0 Å². The molecule has 2 aromatic carbocycles. The van der Waals surface area contributed by atoms with Crippen LogP contribution in [-0.2, 0) is 0 Å². The quantitative estimate of drug-likeness (QED) is 0.400. The predicted molar refractivity (Wildman–Crippen MR) is 98.5 cm³/mol. The molecule has 2 heteroatoms. The lowest BCUT2D eigenvalue weighted by atomic mass is 9.86. The Morgan fingerprint density at radius 2 is 1.29 bits per heavy atom. The molecule has 0 saturated heterocycles. The molecule has 0 bridgehead atoms. The average molecular weight is 312 g/mol. The van der Waals surface area contributed by atoms with Gasteiger partial charge in [0.25, 0.3) is 0 Å². The van der Waals surface area contributed by atoms with Crippen LogP contribution in [0.5, 0.6) is 0 Å². The Bertz CT molecular complexity index is 829. The summed E-state index contributed by atoms with van der Waals surface area (Å²) in [5.41, 5.74) is 5.01. The van der Waals surface area contributed by atoms with Crippen LogP contribution in [0.3, 0.4) is 0 Å². The van der Waals surface area contributed by atoms with E-state index in [-0.39, 0.29) is 0 Å². The van der Waals surface area contributed by atoms with Crippen LogP contribution in [-0.4, -0.2) is 0 Å². The van der Waals surface area contributed by atoms with Crippen LogP contribution >= 0.6 is 0 Å². The summed E-state index contributed by atoms with van der Waals surface area (Å²) in [6, 6.07) is 24.2. The largest absolute Gasteiger partial charge is 0.193 e. The van der Waals surface area contributed by atoms with E-state index in [0.717, 1.165) is 27.8 Å². The van der Waals surface area contributed by atoms with Gasteiger partial charge < -0.3 is 0 Å². The average Bonchev–Trinajstić information content (AvgIpc) is 2.66. The monoisotopic (exact) mass is 312 g/mol. The zero-order valence-corrected chi connectivity index (χ0v) is 14.1. The van der Waals surface area contributed by atoms with Gasteiger partial charge in [-0.3, -0.25) is 0 Å². The Morgan fingerprint density at radius 3 is 1.71 bits per heavy atom. The summed E-state index contributed by atoms with van der Waals surface area (Å²) in [5.74, 6) is 0. The summed E-state index contributed by atoms with van der Waals surface area (Å²) < 4.78 is 0. The standard InChI is InChI=1S/C22H20N2/c1-3-17(15-23)20(4-2)22(19-13-9-6-10-14-19)21(16-24)18-11-7-5-8-12-18/h5-14H,3-4H2,1-2H3/b20-17-,22-21+. The molecule has 0 spiro atoms. The molecular weight excluding hydrogens is 292 g/mol. The van der Waals surface area contributed by atoms with E-state index in [1.807, 2.05) is 74.5 Å². The number of allylic oxidation sites excluding steroid dienone is 4. The van der Waals surface area contributed by atoms with E-state index in [1.165, 1.54) is 0 Å². The van der Waals surface area contributed by atoms with Gasteiger partial charge in [-0.1, -0.05) is 74.5 Å². The van der Waals surface area contributed by atoms with E-state index < -0.39 is 0 Å². The molecule has 0 atom stereocenters. The lowest BCUT2D eigenvalue weighted by Crippen LogP contribution is -1.98. The van der Waals surface area contributed by atoms with Crippen molar-refractivity contribution in [3.05, 3.63) is 82.9 Å². The fraction of sp³-hybridized carbons (Fsp3) is 0.182. The van der Waals surface area contributed by atoms with E-state index in [0.29, 0.717) is 18.4 Å². The molecule has 0 heterocycles. The Kier molecular flexibility index (Phi) is 6.12. The highest BCUT2D eigenvalue weighted by atomic mass is 14.3. The molecule has 0 N–H and O–H groups in total. The number of hydrogen-bond donors (Lipinski definition) is 0. The highest BCUT2D eigenvalue weighted by molar-refractivity contribution is 6.03. The number of rotatable bonds is 5. The van der Waals surface area contributed by atoms with E-state index in [9.17, 15) is 10.5 Å². The van der Waals surface area contributed by atoms with E-state index >= 15 is 0 Å². The maximum absolute atomic E-state index is 9.87. The van der Waals surface area contributed by atoms with Crippen molar-refractivity contribution in [2.45, 2.75) is 26.7 Å². The third-order valence-electron chi connectivity index (χ3n) is 3.99. The Morgan fingerprint density at radius 1 is 0.750 bits per heavy atom. The topological polar surface area (TPSA) is 47.6 Å². The summed E-state index contributed by atoms with van der Waals surface area (Å²) >= 11 is 0. The minimum Gasteiger partial charge on any atom is -0.193 e. The predicted octanol–water partition coefficient (Wildman–Crippen LogP) is 5.76. The molecule has 0 aliphatic heterocycles. The SMILES string of the molecule is CC/C(C#N)=C(CC)/C(=C(\C#N)c1ccccc1)c1ccccc1. The van der Waals surface area contributed by atoms with Gasteiger partial charge in [-0.15, -0.1) is 0 Å². The van der Waals surface area contributed by atoms with Crippen molar-refractivity contribution in [3.8, 4) is 12.1 Å². The zero-order valence-electron chi connectivity index (χ0n) is 14.1. The van der Waals surface area contributed by atoms with Crippen LogP contribution in [0.2, 0.25) is 0 Å². The van der Waals surface area contributed by atoms with Crippen molar-refractivity contribution in [3.63, 3.8) is 0 Å². The van der Waals surface area contributed by atoms with Crippen LogP contribution in [0, 0.1) is 22.7 Å². The second-order valence-corrected chi connectivity index (χ2v) is 5.37. The Balaban J connectivity index is 2.87. The number of nitriles is 2. The molecule has 0 aromatic heterocycles. The van der Waals surface area contributed by atoms with Crippen LogP contribution in [0.4, 0.5) is 0 Å². The first-order chi connectivity index (χ1) is 11.8. The molecule has 24 heavy (non-hydrogen) atoms. The highest BCUT2D eigenvalue weighted by Crippen LogP contribution is 2.35. The van der Waals surface area contributed by atoms with Gasteiger partial charge in [0, 0.05) is 11.1 Å². The van der Waals surface area contributed by atoms with Gasteiger partial charge in [0.2, 0.25) is 0 Å². The minimum absolute atomic E-state index is 0.611. The molecule has 0 radical (unpaired) electrons. The molecule has 0 saturated carbocycles. The van der Waals surface area contributed by atoms with E-state index in [2.05, 4.69) is 12.1 Å². The molecule has 0 amide bonds. The van der Waals surface area contributed by atoms with Gasteiger partial charge in [0.15, 0.2) is 0 Å². The summed E-state index contributed by atoms with van der Waals surface area (Å²) in [6.07, 6.45) is 1.36. The van der Waals surface area contributed by atoms with Gasteiger partial charge in [0.1, 0.15) is 6.07 Å². The third kappa shape index (κ3) is 3.62.